The lowest BCUT2D eigenvalue weighted by Crippen LogP contribution is -2.30. The average molecular weight is 276 g/mol. The minimum atomic E-state index is -0.666. The molecule has 1 heterocycles. The van der Waals surface area contributed by atoms with Crippen LogP contribution in [0, 0.1) is 5.82 Å². The van der Waals surface area contributed by atoms with Gasteiger partial charge in [-0.1, -0.05) is 11.6 Å². The molecular weight excluding hydrogens is 265 g/mol. The van der Waals surface area contributed by atoms with E-state index in [2.05, 4.69) is 12.6 Å². The molecule has 1 aromatic carbocycles. The SMILES string of the molecule is O=C(Oc1cc(S)c(Cl)cc1F)N1CCCC1. The summed E-state index contributed by atoms with van der Waals surface area (Å²) < 4.78 is 18.4. The normalized spacial score (nSPS) is 15.1. The first-order valence-electron chi connectivity index (χ1n) is 5.22. The molecule has 1 amide bonds. The highest BCUT2D eigenvalue weighted by molar-refractivity contribution is 7.80. The number of carbonyl (C=O) groups excluding carboxylic acids is 1. The van der Waals surface area contributed by atoms with E-state index in [0.29, 0.717) is 18.0 Å². The summed E-state index contributed by atoms with van der Waals surface area (Å²) in [7, 11) is 0. The van der Waals surface area contributed by atoms with Crippen LogP contribution in [0.15, 0.2) is 17.0 Å². The standard InChI is InChI=1S/C11H11ClFNO2S/c12-7-5-8(13)9(6-10(7)17)16-11(15)14-3-1-2-4-14/h5-6,17H,1-4H2. The van der Waals surface area contributed by atoms with Crippen LogP contribution in [-0.2, 0) is 0 Å². The van der Waals surface area contributed by atoms with Gasteiger partial charge in [0.25, 0.3) is 0 Å². The topological polar surface area (TPSA) is 29.5 Å². The zero-order chi connectivity index (χ0) is 12.4. The van der Waals surface area contributed by atoms with E-state index < -0.39 is 11.9 Å². The molecule has 1 aliphatic heterocycles. The van der Waals surface area contributed by atoms with Crippen LogP contribution in [0.5, 0.6) is 5.75 Å². The van der Waals surface area contributed by atoms with Crippen molar-refractivity contribution in [1.82, 2.24) is 4.90 Å². The zero-order valence-corrected chi connectivity index (χ0v) is 10.6. The molecule has 17 heavy (non-hydrogen) atoms. The summed E-state index contributed by atoms with van der Waals surface area (Å²) in [5.74, 6) is -0.809. The molecule has 0 saturated carbocycles. The van der Waals surface area contributed by atoms with Crippen LogP contribution >= 0.6 is 24.2 Å². The van der Waals surface area contributed by atoms with E-state index in [1.165, 1.54) is 6.07 Å². The van der Waals surface area contributed by atoms with Gasteiger partial charge in [0.1, 0.15) is 0 Å². The van der Waals surface area contributed by atoms with Crippen LogP contribution in [0.2, 0.25) is 5.02 Å². The summed E-state index contributed by atoms with van der Waals surface area (Å²) >= 11 is 9.73. The van der Waals surface area contributed by atoms with Gasteiger partial charge in [0.05, 0.1) is 5.02 Å². The van der Waals surface area contributed by atoms with Crippen molar-refractivity contribution in [2.24, 2.45) is 0 Å². The molecule has 0 bridgehead atoms. The molecular formula is C11H11ClFNO2S. The third-order valence-electron chi connectivity index (χ3n) is 2.56. The first kappa shape index (κ1) is 12.5. The minimum absolute atomic E-state index is 0.142. The van der Waals surface area contributed by atoms with Crippen molar-refractivity contribution in [3.05, 3.63) is 23.0 Å². The van der Waals surface area contributed by atoms with E-state index in [1.54, 1.807) is 4.90 Å². The molecule has 0 atom stereocenters. The van der Waals surface area contributed by atoms with Gasteiger partial charge in [-0.25, -0.2) is 9.18 Å². The third-order valence-corrected chi connectivity index (χ3v) is 3.38. The van der Waals surface area contributed by atoms with Crippen molar-refractivity contribution in [3.63, 3.8) is 0 Å². The van der Waals surface area contributed by atoms with Gasteiger partial charge in [0.2, 0.25) is 0 Å². The summed E-state index contributed by atoms with van der Waals surface area (Å²) in [5.41, 5.74) is 0. The van der Waals surface area contributed by atoms with Gasteiger partial charge in [-0.2, -0.15) is 0 Å². The summed E-state index contributed by atoms with van der Waals surface area (Å²) in [5, 5.41) is 0.187. The number of benzene rings is 1. The Hall–Kier alpha value is -0.940. The molecule has 1 aromatic rings. The predicted octanol–water partition coefficient (Wildman–Crippen LogP) is 3.36. The second kappa shape index (κ2) is 5.14. The van der Waals surface area contributed by atoms with Crippen molar-refractivity contribution in [2.45, 2.75) is 17.7 Å². The number of carbonyl (C=O) groups is 1. The number of rotatable bonds is 1. The molecule has 0 aliphatic carbocycles. The Morgan fingerprint density at radius 2 is 2.06 bits per heavy atom. The van der Waals surface area contributed by atoms with Crippen LogP contribution < -0.4 is 4.74 Å². The van der Waals surface area contributed by atoms with Crippen molar-refractivity contribution < 1.29 is 13.9 Å². The maximum Gasteiger partial charge on any atom is 0.415 e. The Bertz CT molecular complexity index is 449. The molecule has 1 aliphatic rings. The van der Waals surface area contributed by atoms with Crippen LogP contribution in [0.25, 0.3) is 0 Å². The molecule has 0 unspecified atom stereocenters. The maximum absolute atomic E-state index is 13.5. The second-order valence-electron chi connectivity index (χ2n) is 3.80. The van der Waals surface area contributed by atoms with E-state index in [1.807, 2.05) is 0 Å². The van der Waals surface area contributed by atoms with E-state index in [-0.39, 0.29) is 10.8 Å². The number of hydrogen-bond donors (Lipinski definition) is 1. The van der Waals surface area contributed by atoms with Gasteiger partial charge in [-0.05, 0) is 25.0 Å². The molecule has 0 aromatic heterocycles. The van der Waals surface area contributed by atoms with Crippen LogP contribution in [0.3, 0.4) is 0 Å². The molecule has 1 saturated heterocycles. The lowest BCUT2D eigenvalue weighted by molar-refractivity contribution is 0.160. The van der Waals surface area contributed by atoms with E-state index in [9.17, 15) is 9.18 Å². The highest BCUT2D eigenvalue weighted by Gasteiger charge is 2.21. The summed E-state index contributed by atoms with van der Waals surface area (Å²) in [6.07, 6.45) is 1.38. The largest absolute Gasteiger partial charge is 0.415 e. The number of hydrogen-bond acceptors (Lipinski definition) is 3. The highest BCUT2D eigenvalue weighted by atomic mass is 35.5. The Balaban J connectivity index is 2.12. The second-order valence-corrected chi connectivity index (χ2v) is 4.69. The number of thiol groups is 1. The number of amides is 1. The van der Waals surface area contributed by atoms with Crippen LogP contribution in [-0.4, -0.2) is 24.1 Å². The fourth-order valence-corrected chi connectivity index (χ4v) is 1.99. The number of ether oxygens (including phenoxy) is 1. The monoisotopic (exact) mass is 275 g/mol. The van der Waals surface area contributed by atoms with Crippen molar-refractivity contribution >= 4 is 30.3 Å². The maximum atomic E-state index is 13.5. The van der Waals surface area contributed by atoms with Crippen LogP contribution in [0.1, 0.15) is 12.8 Å². The van der Waals surface area contributed by atoms with Gasteiger partial charge >= 0.3 is 6.09 Å². The van der Waals surface area contributed by atoms with Gasteiger partial charge < -0.3 is 9.64 Å². The third kappa shape index (κ3) is 2.84. The molecule has 0 radical (unpaired) electrons. The van der Waals surface area contributed by atoms with Gasteiger partial charge in [-0.3, -0.25) is 0 Å². The molecule has 2 rings (SSSR count). The van der Waals surface area contributed by atoms with Gasteiger partial charge in [0.15, 0.2) is 11.6 Å². The molecule has 92 valence electrons. The quantitative estimate of drug-likeness (QED) is 0.797. The van der Waals surface area contributed by atoms with Crippen molar-refractivity contribution in [3.8, 4) is 5.75 Å². The number of nitrogens with zero attached hydrogens (tertiary/aromatic N) is 1. The summed E-state index contributed by atoms with van der Waals surface area (Å²) in [4.78, 5) is 13.6. The Morgan fingerprint density at radius 1 is 1.41 bits per heavy atom. The first-order chi connectivity index (χ1) is 8.08. The highest BCUT2D eigenvalue weighted by Crippen LogP contribution is 2.28. The van der Waals surface area contributed by atoms with Crippen molar-refractivity contribution in [2.75, 3.05) is 13.1 Å². The van der Waals surface area contributed by atoms with Crippen molar-refractivity contribution in [1.29, 1.82) is 0 Å². The molecule has 1 fully saturated rings. The Morgan fingerprint density at radius 3 is 2.71 bits per heavy atom. The molecule has 3 nitrogen and oxygen atoms in total. The van der Waals surface area contributed by atoms with Crippen LogP contribution in [0.4, 0.5) is 9.18 Å². The molecule has 6 heteroatoms. The molecule has 0 spiro atoms. The average Bonchev–Trinajstić information content (AvgIpc) is 2.79. The van der Waals surface area contributed by atoms with E-state index in [4.69, 9.17) is 16.3 Å². The summed E-state index contributed by atoms with van der Waals surface area (Å²) in [6.45, 7) is 1.31. The number of likely N-dealkylation sites (tertiary alicyclic amines) is 1. The summed E-state index contributed by atoms with van der Waals surface area (Å²) in [6, 6.07) is 2.38. The fourth-order valence-electron chi connectivity index (χ4n) is 1.65. The smallest absolute Gasteiger partial charge is 0.407 e. The number of halogens is 2. The lowest BCUT2D eigenvalue weighted by atomic mass is 10.3. The Labute approximate surface area is 109 Å². The predicted molar refractivity (Wildman–Crippen MR) is 65.5 cm³/mol. The minimum Gasteiger partial charge on any atom is -0.407 e. The Kier molecular flexibility index (Phi) is 3.79. The zero-order valence-electron chi connectivity index (χ0n) is 8.95. The molecule has 0 N–H and O–H groups in total. The fraction of sp³-hybridized carbons (Fsp3) is 0.364. The lowest BCUT2D eigenvalue weighted by Gasteiger charge is -2.15. The van der Waals surface area contributed by atoms with E-state index in [0.717, 1.165) is 18.9 Å². The van der Waals surface area contributed by atoms with Gasteiger partial charge in [0, 0.05) is 18.0 Å². The van der Waals surface area contributed by atoms with Gasteiger partial charge in [-0.15, -0.1) is 12.6 Å². The van der Waals surface area contributed by atoms with E-state index >= 15 is 0 Å². The first-order valence-corrected chi connectivity index (χ1v) is 6.05.